The molecule has 3 unspecified atom stereocenters. The third-order valence-electron chi connectivity index (χ3n) is 4.27. The average molecular weight is 209 g/mol. The minimum absolute atomic E-state index is 0.124. The predicted octanol–water partition coefficient (Wildman–Crippen LogP) is -0.312. The lowest BCUT2D eigenvalue weighted by Gasteiger charge is -2.41. The zero-order valence-electron chi connectivity index (χ0n) is 9.04. The first-order valence-electron chi connectivity index (χ1n) is 6.01. The smallest absolute Gasteiger partial charge is 0.238 e. The van der Waals surface area contributed by atoms with Crippen LogP contribution in [-0.2, 0) is 4.79 Å². The Hall–Kier alpha value is -0.610. The molecule has 15 heavy (non-hydrogen) atoms. The van der Waals surface area contributed by atoms with E-state index in [1.807, 2.05) is 0 Å². The zero-order chi connectivity index (χ0) is 10.5. The summed E-state index contributed by atoms with van der Waals surface area (Å²) in [6.07, 6.45) is 4.46. The van der Waals surface area contributed by atoms with Crippen LogP contribution in [0.25, 0.3) is 0 Å². The van der Waals surface area contributed by atoms with Crippen molar-refractivity contribution in [2.24, 2.45) is 11.7 Å². The number of hydrogen-bond acceptors (Lipinski definition) is 3. The molecule has 1 aliphatic carbocycles. The van der Waals surface area contributed by atoms with Gasteiger partial charge in [-0.3, -0.25) is 4.79 Å². The topological polar surface area (TPSA) is 58.4 Å². The average Bonchev–Trinajstić information content (AvgIpc) is 2.93. The molecule has 3 rings (SSSR count). The molecule has 2 heterocycles. The van der Waals surface area contributed by atoms with Gasteiger partial charge in [0.05, 0.1) is 0 Å². The number of carbonyl (C=O) groups is 1. The molecule has 3 fully saturated rings. The summed E-state index contributed by atoms with van der Waals surface area (Å²) in [5, 5.41) is 3.53. The van der Waals surface area contributed by atoms with Gasteiger partial charge < -0.3 is 16.0 Å². The normalized spacial score (nSPS) is 44.3. The van der Waals surface area contributed by atoms with Gasteiger partial charge >= 0.3 is 0 Å². The van der Waals surface area contributed by atoms with E-state index in [1.54, 1.807) is 0 Å². The maximum atomic E-state index is 11.8. The summed E-state index contributed by atoms with van der Waals surface area (Å²) in [7, 11) is 0. The molecule has 4 heteroatoms. The summed E-state index contributed by atoms with van der Waals surface area (Å²) in [5.74, 6) is 0.324. The fourth-order valence-corrected chi connectivity index (χ4v) is 3.15. The number of primary amides is 1. The molecule has 2 saturated heterocycles. The van der Waals surface area contributed by atoms with Gasteiger partial charge in [-0.2, -0.15) is 0 Å². The molecule has 3 N–H and O–H groups in total. The first-order chi connectivity index (χ1) is 7.21. The molecular weight excluding hydrogens is 190 g/mol. The van der Waals surface area contributed by atoms with Crippen molar-refractivity contribution in [3.8, 4) is 0 Å². The van der Waals surface area contributed by atoms with Crippen molar-refractivity contribution in [2.45, 2.75) is 37.3 Å². The van der Waals surface area contributed by atoms with Gasteiger partial charge in [0.25, 0.3) is 0 Å². The van der Waals surface area contributed by atoms with Crippen LogP contribution in [0.3, 0.4) is 0 Å². The molecule has 0 radical (unpaired) electrons. The summed E-state index contributed by atoms with van der Waals surface area (Å²) in [4.78, 5) is 14.2. The van der Waals surface area contributed by atoms with E-state index < -0.39 is 0 Å². The molecule has 4 nitrogen and oxygen atoms in total. The third-order valence-corrected chi connectivity index (χ3v) is 4.27. The zero-order valence-corrected chi connectivity index (χ0v) is 9.04. The molecule has 3 atom stereocenters. The molecule has 1 amide bonds. The van der Waals surface area contributed by atoms with Crippen LogP contribution in [0, 0.1) is 5.92 Å². The summed E-state index contributed by atoms with van der Waals surface area (Å²) in [5.41, 5.74) is 5.26. The van der Waals surface area contributed by atoms with Crippen molar-refractivity contribution in [1.82, 2.24) is 10.2 Å². The molecule has 1 saturated carbocycles. The molecule has 0 aromatic rings. The highest BCUT2D eigenvalue weighted by molar-refractivity contribution is 5.85. The second-order valence-corrected chi connectivity index (χ2v) is 5.29. The van der Waals surface area contributed by atoms with Crippen molar-refractivity contribution >= 4 is 5.91 Å². The number of carbonyl (C=O) groups excluding carboxylic acids is 1. The minimum atomic E-state index is -0.381. The van der Waals surface area contributed by atoms with Crippen molar-refractivity contribution in [2.75, 3.05) is 19.6 Å². The quantitative estimate of drug-likeness (QED) is 0.670. The Morgan fingerprint density at radius 3 is 2.80 bits per heavy atom. The van der Waals surface area contributed by atoms with Gasteiger partial charge in [-0.05, 0) is 32.2 Å². The van der Waals surface area contributed by atoms with Crippen LogP contribution in [0.2, 0.25) is 0 Å². The number of amides is 1. The van der Waals surface area contributed by atoms with Crippen LogP contribution in [0.4, 0.5) is 0 Å². The largest absolute Gasteiger partial charge is 0.368 e. The number of nitrogens with zero attached hydrogens (tertiary/aromatic N) is 1. The Kier molecular flexibility index (Phi) is 2.04. The lowest BCUT2D eigenvalue weighted by Crippen LogP contribution is -2.64. The lowest BCUT2D eigenvalue weighted by atomic mass is 9.78. The predicted molar refractivity (Wildman–Crippen MR) is 57.2 cm³/mol. The number of nitrogens with one attached hydrogen (secondary N) is 1. The maximum absolute atomic E-state index is 11.8. The second-order valence-electron chi connectivity index (χ2n) is 5.29. The molecular formula is C11H19N3O. The Labute approximate surface area is 90.2 Å². The van der Waals surface area contributed by atoms with Crippen LogP contribution in [0.15, 0.2) is 0 Å². The molecule has 0 spiro atoms. The third kappa shape index (κ3) is 1.47. The molecule has 2 aliphatic heterocycles. The highest BCUT2D eigenvalue weighted by Crippen LogP contribution is 2.38. The fraction of sp³-hybridized carbons (Fsp3) is 0.909. The Morgan fingerprint density at radius 2 is 2.13 bits per heavy atom. The summed E-state index contributed by atoms with van der Waals surface area (Å²) in [6.45, 7) is 3.23. The van der Waals surface area contributed by atoms with Gasteiger partial charge in [-0.25, -0.2) is 0 Å². The number of nitrogens with two attached hydrogens (primary N) is 1. The molecule has 0 aromatic carbocycles. The first-order valence-corrected chi connectivity index (χ1v) is 6.01. The van der Waals surface area contributed by atoms with E-state index in [4.69, 9.17) is 5.73 Å². The van der Waals surface area contributed by atoms with E-state index in [9.17, 15) is 4.79 Å². The summed E-state index contributed by atoms with van der Waals surface area (Å²) in [6, 6.07) is 0.560. The van der Waals surface area contributed by atoms with E-state index >= 15 is 0 Å². The van der Waals surface area contributed by atoms with Crippen molar-refractivity contribution in [3.05, 3.63) is 0 Å². The van der Waals surface area contributed by atoms with Crippen molar-refractivity contribution in [1.29, 1.82) is 0 Å². The summed E-state index contributed by atoms with van der Waals surface area (Å²) < 4.78 is 0. The van der Waals surface area contributed by atoms with Gasteiger partial charge in [0.1, 0.15) is 5.54 Å². The van der Waals surface area contributed by atoms with E-state index in [0.29, 0.717) is 12.0 Å². The number of rotatable bonds is 3. The van der Waals surface area contributed by atoms with Crippen LogP contribution in [0.5, 0.6) is 0 Å². The minimum Gasteiger partial charge on any atom is -0.368 e. The van der Waals surface area contributed by atoms with Gasteiger partial charge in [0, 0.05) is 25.0 Å². The second kappa shape index (κ2) is 3.19. The van der Waals surface area contributed by atoms with Crippen molar-refractivity contribution < 1.29 is 4.79 Å². The van der Waals surface area contributed by atoms with E-state index in [-0.39, 0.29) is 11.4 Å². The molecule has 2 bridgehead atoms. The fourth-order valence-electron chi connectivity index (χ4n) is 3.15. The van der Waals surface area contributed by atoms with Gasteiger partial charge in [0.2, 0.25) is 5.91 Å². The van der Waals surface area contributed by atoms with E-state index in [0.717, 1.165) is 32.5 Å². The number of fused-ring (bicyclic) bond motifs is 2. The van der Waals surface area contributed by atoms with Crippen LogP contribution < -0.4 is 11.1 Å². The number of piperidine rings is 1. The Balaban J connectivity index is 1.84. The van der Waals surface area contributed by atoms with Crippen LogP contribution >= 0.6 is 0 Å². The van der Waals surface area contributed by atoms with E-state index in [1.165, 1.54) is 12.8 Å². The van der Waals surface area contributed by atoms with Gasteiger partial charge in [-0.15, -0.1) is 0 Å². The standard InChI is InChI=1S/C11H19N3O/c12-10(15)11(13-9-1-2-9)4-6-14-5-3-8(11)7-14/h8-9,13H,1-7H2,(H2,12,15). The highest BCUT2D eigenvalue weighted by Gasteiger charge is 2.51. The lowest BCUT2D eigenvalue weighted by molar-refractivity contribution is -0.128. The molecule has 0 aromatic heterocycles. The van der Waals surface area contributed by atoms with Gasteiger partial charge in [0.15, 0.2) is 0 Å². The monoisotopic (exact) mass is 209 g/mol. The first kappa shape index (κ1) is 9.60. The van der Waals surface area contributed by atoms with Crippen molar-refractivity contribution in [3.63, 3.8) is 0 Å². The maximum Gasteiger partial charge on any atom is 0.238 e. The Bertz CT molecular complexity index is 290. The van der Waals surface area contributed by atoms with E-state index in [2.05, 4.69) is 10.2 Å². The van der Waals surface area contributed by atoms with Gasteiger partial charge in [-0.1, -0.05) is 0 Å². The SMILES string of the molecule is NC(=O)C1(NC2CC2)CCN2CCC1C2. The van der Waals surface area contributed by atoms with Crippen LogP contribution in [0.1, 0.15) is 25.7 Å². The number of hydrogen-bond donors (Lipinski definition) is 2. The molecule has 84 valence electrons. The Morgan fingerprint density at radius 1 is 1.33 bits per heavy atom. The van der Waals surface area contributed by atoms with Crippen LogP contribution in [-0.4, -0.2) is 42.0 Å². The highest BCUT2D eigenvalue weighted by atomic mass is 16.1. The summed E-state index contributed by atoms with van der Waals surface area (Å²) >= 11 is 0. The molecule has 3 aliphatic rings.